The first kappa shape index (κ1) is 19.8. The van der Waals surface area contributed by atoms with Crippen molar-refractivity contribution in [2.45, 2.75) is 32.7 Å². The van der Waals surface area contributed by atoms with Gasteiger partial charge >= 0.3 is 6.09 Å². The summed E-state index contributed by atoms with van der Waals surface area (Å²) in [4.78, 5) is 14.6. The number of benzene rings is 3. The smallest absolute Gasteiger partial charge is 0.417 e. The zero-order chi connectivity index (χ0) is 21.1. The van der Waals surface area contributed by atoms with E-state index in [0.717, 1.165) is 30.8 Å². The van der Waals surface area contributed by atoms with Crippen LogP contribution in [0.25, 0.3) is 0 Å². The summed E-state index contributed by atoms with van der Waals surface area (Å²) in [6, 6.07) is 20.8. The summed E-state index contributed by atoms with van der Waals surface area (Å²) >= 11 is 0. The molecule has 154 valence electrons. The number of phenolic OH excluding ortho intramolecular Hbond substituents is 1. The third kappa shape index (κ3) is 4.57. The highest BCUT2D eigenvalue weighted by atomic mass is 16.6. The van der Waals surface area contributed by atoms with Crippen LogP contribution in [0.2, 0.25) is 0 Å². The predicted octanol–water partition coefficient (Wildman–Crippen LogP) is 5.69. The molecule has 0 unspecified atom stereocenters. The number of hydrogen-bond donors (Lipinski definition) is 2. The van der Waals surface area contributed by atoms with Crippen molar-refractivity contribution in [3.05, 3.63) is 83.4 Å². The van der Waals surface area contributed by atoms with Crippen LogP contribution in [0.3, 0.4) is 0 Å². The second-order valence-corrected chi connectivity index (χ2v) is 7.92. The van der Waals surface area contributed by atoms with E-state index in [2.05, 4.69) is 24.1 Å². The summed E-state index contributed by atoms with van der Waals surface area (Å²) in [5.41, 5.74) is 5.45. The van der Waals surface area contributed by atoms with E-state index in [4.69, 9.17) is 4.74 Å². The molecule has 0 spiro atoms. The van der Waals surface area contributed by atoms with E-state index in [9.17, 15) is 9.90 Å². The van der Waals surface area contributed by atoms with Crippen molar-refractivity contribution in [1.82, 2.24) is 0 Å². The maximum Gasteiger partial charge on any atom is 0.417 e. The average molecular weight is 402 g/mol. The Labute approximate surface area is 176 Å². The molecule has 1 aliphatic rings. The van der Waals surface area contributed by atoms with Gasteiger partial charge in [0.15, 0.2) is 0 Å². The maximum absolute atomic E-state index is 12.3. The van der Waals surface area contributed by atoms with Crippen molar-refractivity contribution in [3.63, 3.8) is 0 Å². The first-order chi connectivity index (χ1) is 14.5. The van der Waals surface area contributed by atoms with Crippen molar-refractivity contribution >= 4 is 17.5 Å². The number of nitrogens with zero attached hydrogens (tertiary/aromatic N) is 1. The second-order valence-electron chi connectivity index (χ2n) is 7.92. The summed E-state index contributed by atoms with van der Waals surface area (Å²) in [7, 11) is 0. The Morgan fingerprint density at radius 1 is 1.07 bits per heavy atom. The van der Waals surface area contributed by atoms with Gasteiger partial charge in [0.2, 0.25) is 0 Å². The number of nitrogens with one attached hydrogen (secondary N) is 1. The highest BCUT2D eigenvalue weighted by Crippen LogP contribution is 2.32. The Hall–Kier alpha value is -3.47. The Bertz CT molecular complexity index is 1030. The van der Waals surface area contributed by atoms with E-state index in [1.54, 1.807) is 12.1 Å². The minimum absolute atomic E-state index is 0.277. The molecule has 2 N–H and O–H groups in total. The monoisotopic (exact) mass is 402 g/mol. The van der Waals surface area contributed by atoms with Crippen molar-refractivity contribution in [2.24, 2.45) is 0 Å². The van der Waals surface area contributed by atoms with Crippen LogP contribution < -0.4 is 15.0 Å². The van der Waals surface area contributed by atoms with E-state index < -0.39 is 6.09 Å². The lowest BCUT2D eigenvalue weighted by molar-refractivity contribution is 0.215. The molecule has 5 heteroatoms. The highest BCUT2D eigenvalue weighted by Gasteiger charge is 2.20. The summed E-state index contributed by atoms with van der Waals surface area (Å²) in [6.45, 7) is 5.96. The van der Waals surface area contributed by atoms with Gasteiger partial charge in [0.1, 0.15) is 11.5 Å². The van der Waals surface area contributed by atoms with Crippen molar-refractivity contribution in [3.8, 4) is 11.5 Å². The number of rotatable bonds is 5. The maximum atomic E-state index is 12.3. The normalized spacial score (nSPS) is 12.7. The largest absolute Gasteiger partial charge is 0.508 e. The third-order valence-corrected chi connectivity index (χ3v) is 5.38. The van der Waals surface area contributed by atoms with E-state index in [-0.39, 0.29) is 5.75 Å². The zero-order valence-corrected chi connectivity index (χ0v) is 17.3. The number of anilines is 2. The fraction of sp³-hybridized carbons (Fsp3) is 0.240. The van der Waals surface area contributed by atoms with Gasteiger partial charge in [-0.1, -0.05) is 38.1 Å². The lowest BCUT2D eigenvalue weighted by atomic mass is 10.0. The molecule has 0 radical (unpaired) electrons. The number of amides is 1. The molecule has 4 rings (SSSR count). The van der Waals surface area contributed by atoms with E-state index >= 15 is 0 Å². The first-order valence-electron chi connectivity index (χ1n) is 10.2. The highest BCUT2D eigenvalue weighted by molar-refractivity contribution is 5.87. The molecule has 0 fully saturated rings. The van der Waals surface area contributed by atoms with Gasteiger partial charge in [-0.2, -0.15) is 0 Å². The molecule has 0 aromatic heterocycles. The molecule has 0 saturated heterocycles. The van der Waals surface area contributed by atoms with Crippen LogP contribution in [0.4, 0.5) is 16.2 Å². The van der Waals surface area contributed by atoms with Crippen LogP contribution in [-0.4, -0.2) is 17.7 Å². The number of fused-ring (bicyclic) bond motifs is 1. The third-order valence-electron chi connectivity index (χ3n) is 5.38. The molecule has 0 atom stereocenters. The Morgan fingerprint density at radius 2 is 1.80 bits per heavy atom. The van der Waals surface area contributed by atoms with Gasteiger partial charge in [-0.25, -0.2) is 4.79 Å². The Morgan fingerprint density at radius 3 is 2.50 bits per heavy atom. The van der Waals surface area contributed by atoms with Crippen LogP contribution in [-0.2, 0) is 13.0 Å². The Kier molecular flexibility index (Phi) is 5.61. The summed E-state index contributed by atoms with van der Waals surface area (Å²) in [5, 5.41) is 12.3. The summed E-state index contributed by atoms with van der Waals surface area (Å²) < 4.78 is 5.40. The fourth-order valence-electron chi connectivity index (χ4n) is 3.71. The fourth-order valence-corrected chi connectivity index (χ4v) is 3.71. The number of carbonyl (C=O) groups is 1. The minimum Gasteiger partial charge on any atom is -0.508 e. The number of ether oxygens (including phenoxy) is 1. The van der Waals surface area contributed by atoms with Crippen LogP contribution in [0.5, 0.6) is 11.5 Å². The molecule has 3 aromatic rings. The molecule has 1 amide bonds. The van der Waals surface area contributed by atoms with E-state index in [0.29, 0.717) is 11.7 Å². The molecule has 5 nitrogen and oxygen atoms in total. The molecular formula is C25H26N2O3. The molecule has 0 bridgehead atoms. The summed E-state index contributed by atoms with van der Waals surface area (Å²) in [5.74, 6) is 1.24. The molecule has 0 aliphatic carbocycles. The van der Waals surface area contributed by atoms with Crippen molar-refractivity contribution < 1.29 is 14.6 Å². The summed E-state index contributed by atoms with van der Waals surface area (Å²) in [6.07, 6.45) is 0.431. The predicted molar refractivity (Wildman–Crippen MR) is 119 cm³/mol. The molecule has 3 aromatic carbocycles. The van der Waals surface area contributed by atoms with Crippen molar-refractivity contribution in [1.29, 1.82) is 0 Å². The topological polar surface area (TPSA) is 61.8 Å². The van der Waals surface area contributed by atoms with Gasteiger partial charge in [0.05, 0.1) is 0 Å². The van der Waals surface area contributed by atoms with Gasteiger partial charge < -0.3 is 14.7 Å². The number of aromatic hydroxyl groups is 1. The molecule has 1 aliphatic heterocycles. The quantitative estimate of drug-likeness (QED) is 0.576. The van der Waals surface area contributed by atoms with Gasteiger partial charge in [0, 0.05) is 24.5 Å². The molecular weight excluding hydrogens is 376 g/mol. The molecule has 0 saturated carbocycles. The van der Waals surface area contributed by atoms with Gasteiger partial charge in [-0.15, -0.1) is 0 Å². The number of hydrogen-bond acceptors (Lipinski definition) is 4. The zero-order valence-electron chi connectivity index (χ0n) is 17.3. The van der Waals surface area contributed by atoms with E-state index in [1.165, 1.54) is 16.8 Å². The van der Waals surface area contributed by atoms with Gasteiger partial charge in [0.25, 0.3) is 0 Å². The average Bonchev–Trinajstić information content (AvgIpc) is 3.12. The standard InChI is InChI=1S/C25H26N2O3/c1-17(2)19-5-10-23(11-6-19)30-25(29)26-21-7-12-24-20(15-21)13-14-27(24)16-18-3-8-22(28)9-4-18/h3-12,15,17,28H,13-14,16H2,1-2H3,(H,26,29). The first-order valence-corrected chi connectivity index (χ1v) is 10.2. The van der Waals surface area contributed by atoms with E-state index in [1.807, 2.05) is 54.6 Å². The van der Waals surface area contributed by atoms with Crippen molar-refractivity contribution in [2.75, 3.05) is 16.8 Å². The molecule has 30 heavy (non-hydrogen) atoms. The Balaban J connectivity index is 1.38. The van der Waals surface area contributed by atoms with Crippen LogP contribution in [0, 0.1) is 0 Å². The van der Waals surface area contributed by atoms with Gasteiger partial charge in [-0.05, 0) is 71.5 Å². The minimum atomic E-state index is -0.494. The lowest BCUT2D eigenvalue weighted by Gasteiger charge is -2.20. The lowest BCUT2D eigenvalue weighted by Crippen LogP contribution is -2.19. The molecule has 1 heterocycles. The number of phenols is 1. The van der Waals surface area contributed by atoms with Crippen LogP contribution in [0.15, 0.2) is 66.7 Å². The van der Waals surface area contributed by atoms with Crippen LogP contribution in [0.1, 0.15) is 36.5 Å². The number of carbonyl (C=O) groups excluding carboxylic acids is 1. The van der Waals surface area contributed by atoms with Crippen LogP contribution >= 0.6 is 0 Å². The van der Waals surface area contributed by atoms with Gasteiger partial charge in [-0.3, -0.25) is 5.32 Å². The second kappa shape index (κ2) is 8.49. The SMILES string of the molecule is CC(C)c1ccc(OC(=O)Nc2ccc3c(c2)CCN3Cc2ccc(O)cc2)cc1.